The predicted molar refractivity (Wildman–Crippen MR) is 109 cm³/mol. The molecule has 3 rings (SSSR count). The molecule has 0 atom stereocenters. The normalized spacial score (nSPS) is 10.9. The lowest BCUT2D eigenvalue weighted by Crippen LogP contribution is -2.30. The summed E-state index contributed by atoms with van der Waals surface area (Å²) in [6.45, 7) is 4.76. The molecule has 2 aromatic carbocycles. The lowest BCUT2D eigenvalue weighted by atomic mass is 10.3. The predicted octanol–water partition coefficient (Wildman–Crippen LogP) is 3.20. The Balaban J connectivity index is 1.48. The van der Waals surface area contributed by atoms with Gasteiger partial charge in [0.25, 0.3) is 5.91 Å². The fourth-order valence-electron chi connectivity index (χ4n) is 3.06. The highest BCUT2D eigenvalue weighted by molar-refractivity contribution is 5.77. The van der Waals surface area contributed by atoms with Crippen molar-refractivity contribution in [1.82, 2.24) is 14.9 Å². The summed E-state index contributed by atoms with van der Waals surface area (Å²) in [5.41, 5.74) is 2.12. The van der Waals surface area contributed by atoms with E-state index in [1.165, 1.54) is 0 Å². The van der Waals surface area contributed by atoms with Crippen molar-refractivity contribution in [1.29, 1.82) is 0 Å². The lowest BCUT2D eigenvalue weighted by molar-refractivity contribution is -0.123. The quantitative estimate of drug-likeness (QED) is 0.518. The number of benzene rings is 2. The van der Waals surface area contributed by atoms with E-state index >= 15 is 0 Å². The van der Waals surface area contributed by atoms with E-state index in [1.54, 1.807) is 0 Å². The van der Waals surface area contributed by atoms with Crippen LogP contribution in [0.5, 0.6) is 5.75 Å². The van der Waals surface area contributed by atoms with Gasteiger partial charge in [-0.25, -0.2) is 4.98 Å². The Morgan fingerprint density at radius 2 is 1.89 bits per heavy atom. The van der Waals surface area contributed by atoms with Crippen LogP contribution >= 0.6 is 0 Å². The topological polar surface area (TPSA) is 65.4 Å². The molecule has 0 saturated carbocycles. The average Bonchev–Trinajstić information content (AvgIpc) is 3.08. The van der Waals surface area contributed by atoms with Gasteiger partial charge in [0.05, 0.1) is 17.6 Å². The third-order valence-electron chi connectivity index (χ3n) is 4.41. The molecule has 1 aromatic heterocycles. The molecule has 0 aliphatic carbocycles. The molecule has 148 valence electrons. The number of aryl methyl sites for hydroxylation is 1. The number of carbonyl (C=O) groups is 1. The van der Waals surface area contributed by atoms with Gasteiger partial charge in [0.2, 0.25) is 0 Å². The summed E-state index contributed by atoms with van der Waals surface area (Å²) in [5.74, 6) is 1.60. The van der Waals surface area contributed by atoms with Crippen molar-refractivity contribution < 1.29 is 14.3 Å². The van der Waals surface area contributed by atoms with Gasteiger partial charge >= 0.3 is 0 Å². The Morgan fingerprint density at radius 3 is 2.71 bits per heavy atom. The van der Waals surface area contributed by atoms with Gasteiger partial charge in [-0.15, -0.1) is 0 Å². The van der Waals surface area contributed by atoms with E-state index in [9.17, 15) is 4.79 Å². The molecule has 0 aliphatic rings. The molecule has 3 aromatic rings. The number of fused-ring (bicyclic) bond motifs is 1. The smallest absolute Gasteiger partial charge is 0.257 e. The standard InChI is InChI=1S/C22H27N3O3/c1-2-27-16-15-25-20-12-7-6-11-19(20)24-21(25)13-8-14-23-22(26)17-28-18-9-4-3-5-10-18/h3-7,9-12H,2,8,13-17H2,1H3,(H,23,26). The second kappa shape index (κ2) is 10.5. The SMILES string of the molecule is CCOCCn1c(CCCNC(=O)COc2ccccc2)nc2ccccc21. The molecule has 0 fully saturated rings. The maximum Gasteiger partial charge on any atom is 0.257 e. The zero-order valence-electron chi connectivity index (χ0n) is 16.3. The fraction of sp³-hybridized carbons (Fsp3) is 0.364. The number of carbonyl (C=O) groups excluding carboxylic acids is 1. The van der Waals surface area contributed by atoms with Crippen LogP contribution in [0.3, 0.4) is 0 Å². The number of imidazole rings is 1. The van der Waals surface area contributed by atoms with E-state index < -0.39 is 0 Å². The number of para-hydroxylation sites is 3. The van der Waals surface area contributed by atoms with Crippen molar-refractivity contribution in [3.8, 4) is 5.75 Å². The molecule has 6 heteroatoms. The number of hydrogen-bond acceptors (Lipinski definition) is 4. The lowest BCUT2D eigenvalue weighted by Gasteiger charge is -2.10. The second-order valence-electron chi connectivity index (χ2n) is 6.42. The summed E-state index contributed by atoms with van der Waals surface area (Å²) in [6, 6.07) is 17.5. The minimum Gasteiger partial charge on any atom is -0.484 e. The van der Waals surface area contributed by atoms with Gasteiger partial charge in [-0.2, -0.15) is 0 Å². The highest BCUT2D eigenvalue weighted by atomic mass is 16.5. The van der Waals surface area contributed by atoms with Crippen LogP contribution in [-0.2, 0) is 22.5 Å². The third kappa shape index (κ3) is 5.57. The van der Waals surface area contributed by atoms with E-state index in [1.807, 2.05) is 55.5 Å². The highest BCUT2D eigenvalue weighted by Crippen LogP contribution is 2.17. The molecule has 0 aliphatic heterocycles. The monoisotopic (exact) mass is 381 g/mol. The molecule has 1 N–H and O–H groups in total. The van der Waals surface area contributed by atoms with Crippen molar-refractivity contribution in [3.63, 3.8) is 0 Å². The van der Waals surface area contributed by atoms with Crippen molar-refractivity contribution in [2.24, 2.45) is 0 Å². The van der Waals surface area contributed by atoms with Gasteiger partial charge in [-0.05, 0) is 37.6 Å². The minimum absolute atomic E-state index is 0.0247. The molecular formula is C22H27N3O3. The first-order valence-corrected chi connectivity index (χ1v) is 9.74. The first kappa shape index (κ1) is 19.9. The van der Waals surface area contributed by atoms with Crippen LogP contribution in [0.1, 0.15) is 19.2 Å². The number of nitrogens with one attached hydrogen (secondary N) is 1. The summed E-state index contributed by atoms with van der Waals surface area (Å²) in [7, 11) is 0. The van der Waals surface area contributed by atoms with Crippen molar-refractivity contribution in [2.45, 2.75) is 26.3 Å². The number of aromatic nitrogens is 2. The van der Waals surface area contributed by atoms with Crippen LogP contribution in [0.2, 0.25) is 0 Å². The van der Waals surface area contributed by atoms with E-state index in [2.05, 4.69) is 16.0 Å². The third-order valence-corrected chi connectivity index (χ3v) is 4.41. The molecule has 6 nitrogen and oxygen atoms in total. The average molecular weight is 381 g/mol. The second-order valence-corrected chi connectivity index (χ2v) is 6.42. The van der Waals surface area contributed by atoms with Crippen molar-refractivity contribution in [3.05, 3.63) is 60.4 Å². The van der Waals surface area contributed by atoms with Crippen LogP contribution in [0, 0.1) is 0 Å². The van der Waals surface area contributed by atoms with E-state index in [4.69, 9.17) is 14.5 Å². The molecule has 1 amide bonds. The molecule has 0 saturated heterocycles. The number of rotatable bonds is 11. The van der Waals surface area contributed by atoms with Crippen LogP contribution in [0.4, 0.5) is 0 Å². The molecular weight excluding hydrogens is 354 g/mol. The highest BCUT2D eigenvalue weighted by Gasteiger charge is 2.10. The summed E-state index contributed by atoms with van der Waals surface area (Å²) >= 11 is 0. The molecule has 0 radical (unpaired) electrons. The zero-order chi connectivity index (χ0) is 19.6. The Morgan fingerprint density at radius 1 is 1.11 bits per heavy atom. The van der Waals surface area contributed by atoms with Gasteiger partial charge in [-0.1, -0.05) is 30.3 Å². The number of ether oxygens (including phenoxy) is 2. The first-order valence-electron chi connectivity index (χ1n) is 9.74. The van der Waals surface area contributed by atoms with E-state index in [0.717, 1.165) is 36.2 Å². The largest absolute Gasteiger partial charge is 0.484 e. The summed E-state index contributed by atoms with van der Waals surface area (Å²) in [5, 5.41) is 2.90. The van der Waals surface area contributed by atoms with Crippen LogP contribution < -0.4 is 10.1 Å². The van der Waals surface area contributed by atoms with Gasteiger partial charge in [-0.3, -0.25) is 4.79 Å². The van der Waals surface area contributed by atoms with E-state index in [-0.39, 0.29) is 12.5 Å². The Kier molecular flexibility index (Phi) is 7.44. The van der Waals surface area contributed by atoms with E-state index in [0.29, 0.717) is 25.5 Å². The molecule has 1 heterocycles. The van der Waals surface area contributed by atoms with Gasteiger partial charge in [0, 0.05) is 26.1 Å². The molecule has 0 spiro atoms. The number of hydrogen-bond donors (Lipinski definition) is 1. The summed E-state index contributed by atoms with van der Waals surface area (Å²) in [4.78, 5) is 16.7. The van der Waals surface area contributed by atoms with Crippen molar-refractivity contribution in [2.75, 3.05) is 26.4 Å². The van der Waals surface area contributed by atoms with Crippen LogP contribution in [0.25, 0.3) is 11.0 Å². The molecule has 0 unspecified atom stereocenters. The van der Waals surface area contributed by atoms with Crippen LogP contribution in [0.15, 0.2) is 54.6 Å². The van der Waals surface area contributed by atoms with Gasteiger partial charge < -0.3 is 19.4 Å². The number of nitrogens with zero attached hydrogens (tertiary/aromatic N) is 2. The zero-order valence-corrected chi connectivity index (χ0v) is 16.3. The summed E-state index contributed by atoms with van der Waals surface area (Å²) in [6.07, 6.45) is 1.61. The van der Waals surface area contributed by atoms with Gasteiger partial charge in [0.15, 0.2) is 6.61 Å². The molecule has 0 bridgehead atoms. The van der Waals surface area contributed by atoms with Crippen LogP contribution in [-0.4, -0.2) is 41.8 Å². The molecule has 28 heavy (non-hydrogen) atoms. The fourth-order valence-corrected chi connectivity index (χ4v) is 3.06. The Bertz CT molecular complexity index is 877. The Hall–Kier alpha value is -2.86. The maximum absolute atomic E-state index is 11.9. The maximum atomic E-state index is 11.9. The number of amides is 1. The summed E-state index contributed by atoms with van der Waals surface area (Å²) < 4.78 is 13.2. The Labute approximate surface area is 165 Å². The van der Waals surface area contributed by atoms with Crippen molar-refractivity contribution >= 4 is 16.9 Å². The minimum atomic E-state index is -0.117. The van der Waals surface area contributed by atoms with Gasteiger partial charge in [0.1, 0.15) is 11.6 Å². The first-order chi connectivity index (χ1) is 13.8.